The molecule has 0 spiro atoms. The molecule has 0 saturated carbocycles. The predicted molar refractivity (Wildman–Crippen MR) is 123 cm³/mol. The monoisotopic (exact) mass is 429 g/mol. The summed E-state index contributed by atoms with van der Waals surface area (Å²) in [6, 6.07) is 21.7. The quantitative estimate of drug-likeness (QED) is 0.398. The van der Waals surface area contributed by atoms with Crippen molar-refractivity contribution in [1.82, 2.24) is 9.55 Å². The van der Waals surface area contributed by atoms with Crippen molar-refractivity contribution in [3.8, 4) is 11.3 Å². The number of rotatable bonds is 6. The first-order valence-corrected chi connectivity index (χ1v) is 10.9. The van der Waals surface area contributed by atoms with Crippen LogP contribution < -0.4 is 11.1 Å². The van der Waals surface area contributed by atoms with E-state index in [-0.39, 0.29) is 12.3 Å². The number of fused-ring (bicyclic) bond motifs is 2. The van der Waals surface area contributed by atoms with Gasteiger partial charge in [-0.15, -0.1) is 11.3 Å². The van der Waals surface area contributed by atoms with E-state index >= 15 is 0 Å². The molecule has 0 bridgehead atoms. The molecule has 0 fully saturated rings. The Kier molecular flexibility index (Phi) is 5.09. The number of hydrogen-bond acceptors (Lipinski definition) is 5. The molecule has 7 heteroatoms. The van der Waals surface area contributed by atoms with Crippen molar-refractivity contribution in [3.05, 3.63) is 82.7 Å². The van der Waals surface area contributed by atoms with Crippen molar-refractivity contribution in [1.29, 1.82) is 0 Å². The molecule has 154 valence electrons. The summed E-state index contributed by atoms with van der Waals surface area (Å²) in [5, 5.41) is 7.70. The number of benzene rings is 3. The van der Waals surface area contributed by atoms with E-state index in [1.165, 1.54) is 16.7 Å². The van der Waals surface area contributed by atoms with Crippen LogP contribution in [0.2, 0.25) is 0 Å². The van der Waals surface area contributed by atoms with Gasteiger partial charge in [-0.05, 0) is 35.4 Å². The number of para-hydroxylation sites is 2. The standard InChI is InChI=1S/C24H19N3O3S/c28-22(10-5-13-27-20-8-3-4-9-21(20)30-24(27)29)26-23-25-19(15-31-23)18-12-11-16-6-1-2-7-17(16)14-18/h1-4,6-9,11-12,14-15H,5,10,13H2,(H,25,26,28). The summed E-state index contributed by atoms with van der Waals surface area (Å²) in [6.45, 7) is 0.420. The van der Waals surface area contributed by atoms with Gasteiger partial charge in [0.1, 0.15) is 0 Å². The summed E-state index contributed by atoms with van der Waals surface area (Å²) in [5.74, 6) is -0.526. The lowest BCUT2D eigenvalue weighted by Gasteiger charge is -2.03. The lowest BCUT2D eigenvalue weighted by molar-refractivity contribution is -0.116. The zero-order valence-corrected chi connectivity index (χ0v) is 17.4. The van der Waals surface area contributed by atoms with Crippen molar-refractivity contribution in [3.63, 3.8) is 0 Å². The van der Waals surface area contributed by atoms with Gasteiger partial charge in [0.15, 0.2) is 10.7 Å². The average molecular weight is 430 g/mol. The number of oxazole rings is 1. The zero-order chi connectivity index (χ0) is 21.2. The molecule has 2 aromatic heterocycles. The number of nitrogens with one attached hydrogen (secondary N) is 1. The SMILES string of the molecule is O=C(CCCn1c(=O)oc2ccccc21)Nc1nc(-c2ccc3ccccc3c2)cs1. The maximum atomic E-state index is 12.4. The molecule has 0 aliphatic carbocycles. The number of carbonyl (C=O) groups excluding carboxylic acids is 1. The number of aromatic nitrogens is 2. The van der Waals surface area contributed by atoms with E-state index in [0.717, 1.165) is 22.2 Å². The highest BCUT2D eigenvalue weighted by Crippen LogP contribution is 2.27. The highest BCUT2D eigenvalue weighted by atomic mass is 32.1. The molecule has 31 heavy (non-hydrogen) atoms. The molecule has 3 aromatic carbocycles. The Labute approximate surface area is 181 Å². The highest BCUT2D eigenvalue weighted by Gasteiger charge is 2.11. The maximum absolute atomic E-state index is 12.4. The maximum Gasteiger partial charge on any atom is 0.419 e. The molecule has 0 aliphatic rings. The third-order valence-corrected chi connectivity index (χ3v) is 5.91. The van der Waals surface area contributed by atoms with Gasteiger partial charge in [0.25, 0.3) is 0 Å². The summed E-state index contributed by atoms with van der Waals surface area (Å²) < 4.78 is 6.78. The Bertz CT molecular complexity index is 1450. The fourth-order valence-corrected chi connectivity index (χ4v) is 4.35. The van der Waals surface area contributed by atoms with Gasteiger partial charge in [-0.1, -0.05) is 48.5 Å². The van der Waals surface area contributed by atoms with E-state index < -0.39 is 5.76 Å². The van der Waals surface area contributed by atoms with E-state index in [2.05, 4.69) is 34.6 Å². The van der Waals surface area contributed by atoms with E-state index in [9.17, 15) is 9.59 Å². The Morgan fingerprint density at radius 1 is 1.03 bits per heavy atom. The van der Waals surface area contributed by atoms with Gasteiger partial charge < -0.3 is 9.73 Å². The van der Waals surface area contributed by atoms with Crippen molar-refractivity contribution >= 4 is 44.2 Å². The number of aryl methyl sites for hydroxylation is 1. The first-order chi connectivity index (χ1) is 15.2. The molecule has 5 rings (SSSR count). The number of nitrogens with zero attached hydrogens (tertiary/aromatic N) is 2. The second kappa shape index (κ2) is 8.20. The summed E-state index contributed by atoms with van der Waals surface area (Å²) in [4.78, 5) is 28.9. The van der Waals surface area contributed by atoms with E-state index in [1.54, 1.807) is 10.6 Å². The average Bonchev–Trinajstić information content (AvgIpc) is 3.37. The normalized spacial score (nSPS) is 11.2. The lowest BCUT2D eigenvalue weighted by atomic mass is 10.1. The number of amides is 1. The first kappa shape index (κ1) is 19.3. The third kappa shape index (κ3) is 4.00. The van der Waals surface area contributed by atoms with Crippen LogP contribution in [0.3, 0.4) is 0 Å². The van der Waals surface area contributed by atoms with Crippen LogP contribution in [0.5, 0.6) is 0 Å². The third-order valence-electron chi connectivity index (χ3n) is 5.16. The van der Waals surface area contributed by atoms with Crippen LogP contribution in [0.25, 0.3) is 33.1 Å². The fourth-order valence-electron chi connectivity index (χ4n) is 3.62. The molecule has 5 aromatic rings. The highest BCUT2D eigenvalue weighted by molar-refractivity contribution is 7.14. The molecule has 1 N–H and O–H groups in total. The molecule has 1 amide bonds. The van der Waals surface area contributed by atoms with Gasteiger partial charge in [0.05, 0.1) is 11.2 Å². The van der Waals surface area contributed by atoms with Crippen molar-refractivity contribution in [2.24, 2.45) is 0 Å². The van der Waals surface area contributed by atoms with Crippen LogP contribution in [0.4, 0.5) is 5.13 Å². The topological polar surface area (TPSA) is 77.1 Å². The molecule has 0 unspecified atom stereocenters. The first-order valence-electron chi connectivity index (χ1n) is 10.0. The van der Waals surface area contributed by atoms with Gasteiger partial charge in [-0.3, -0.25) is 9.36 Å². The second-order valence-electron chi connectivity index (χ2n) is 7.24. The minimum atomic E-state index is -0.401. The largest absolute Gasteiger partial charge is 0.419 e. The minimum Gasteiger partial charge on any atom is -0.408 e. The van der Waals surface area contributed by atoms with Crippen LogP contribution >= 0.6 is 11.3 Å². The Balaban J connectivity index is 1.21. The molecule has 6 nitrogen and oxygen atoms in total. The van der Waals surface area contributed by atoms with E-state index in [4.69, 9.17) is 4.42 Å². The van der Waals surface area contributed by atoms with Crippen LogP contribution in [-0.2, 0) is 11.3 Å². The molecule has 0 atom stereocenters. The van der Waals surface area contributed by atoms with Gasteiger partial charge in [-0.2, -0.15) is 0 Å². The number of anilines is 1. The fraction of sp³-hybridized carbons (Fsp3) is 0.125. The van der Waals surface area contributed by atoms with Crippen LogP contribution in [0.15, 0.2) is 81.3 Å². The summed E-state index contributed by atoms with van der Waals surface area (Å²) in [5.41, 5.74) is 3.15. The number of thiazole rings is 1. The van der Waals surface area contributed by atoms with E-state index in [0.29, 0.717) is 23.7 Å². The number of hydrogen-bond donors (Lipinski definition) is 1. The van der Waals surface area contributed by atoms with Gasteiger partial charge in [0, 0.05) is 23.9 Å². The zero-order valence-electron chi connectivity index (χ0n) is 16.6. The van der Waals surface area contributed by atoms with Gasteiger partial charge in [-0.25, -0.2) is 9.78 Å². The van der Waals surface area contributed by atoms with Crippen molar-refractivity contribution in [2.45, 2.75) is 19.4 Å². The Morgan fingerprint density at radius 3 is 2.74 bits per heavy atom. The molecular formula is C24H19N3O3S. The summed E-state index contributed by atoms with van der Waals surface area (Å²) in [7, 11) is 0. The molecule has 0 radical (unpaired) electrons. The van der Waals surface area contributed by atoms with Gasteiger partial charge in [0.2, 0.25) is 5.91 Å². The Hall–Kier alpha value is -3.71. The lowest BCUT2D eigenvalue weighted by Crippen LogP contribution is -2.17. The predicted octanol–water partition coefficient (Wildman–Crippen LogP) is 5.29. The van der Waals surface area contributed by atoms with Gasteiger partial charge >= 0.3 is 5.76 Å². The molecule has 0 saturated heterocycles. The van der Waals surface area contributed by atoms with Crippen molar-refractivity contribution in [2.75, 3.05) is 5.32 Å². The molecule has 0 aliphatic heterocycles. The molecular weight excluding hydrogens is 410 g/mol. The van der Waals surface area contributed by atoms with Crippen molar-refractivity contribution < 1.29 is 9.21 Å². The van der Waals surface area contributed by atoms with E-state index in [1.807, 2.05) is 41.8 Å². The number of carbonyl (C=O) groups is 1. The minimum absolute atomic E-state index is 0.125. The van der Waals surface area contributed by atoms with Crippen LogP contribution in [-0.4, -0.2) is 15.5 Å². The summed E-state index contributed by atoms with van der Waals surface area (Å²) in [6.07, 6.45) is 0.814. The van der Waals surface area contributed by atoms with Crippen LogP contribution in [0, 0.1) is 0 Å². The van der Waals surface area contributed by atoms with Crippen LogP contribution in [0.1, 0.15) is 12.8 Å². The second-order valence-corrected chi connectivity index (χ2v) is 8.10. The molecule has 2 heterocycles. The smallest absolute Gasteiger partial charge is 0.408 e. The summed E-state index contributed by atoms with van der Waals surface area (Å²) >= 11 is 1.40. The Morgan fingerprint density at radius 2 is 1.84 bits per heavy atom.